The Balaban J connectivity index is 1.49. The topological polar surface area (TPSA) is 23.6 Å². The van der Waals surface area contributed by atoms with Gasteiger partial charge in [0.15, 0.2) is 0 Å². The van der Waals surface area contributed by atoms with E-state index in [4.69, 9.17) is 0 Å². The van der Waals surface area contributed by atoms with E-state index in [1.807, 2.05) is 13.8 Å². The number of nitrogens with zero attached hydrogens (tertiary/aromatic N) is 2. The minimum absolute atomic E-state index is 0.0994. The number of carbonyl (C=O) groups is 1. The Hall–Kier alpha value is -2.13. The average Bonchev–Trinajstić information content (AvgIpc) is 3.00. The quantitative estimate of drug-likeness (QED) is 0.824. The molecule has 2 heterocycles. The Morgan fingerprint density at radius 1 is 0.923 bits per heavy atom. The van der Waals surface area contributed by atoms with Gasteiger partial charge in [-0.3, -0.25) is 9.69 Å². The van der Waals surface area contributed by atoms with Gasteiger partial charge in [-0.1, -0.05) is 74.5 Å². The van der Waals surface area contributed by atoms with Gasteiger partial charge in [-0.2, -0.15) is 0 Å². The lowest BCUT2D eigenvalue weighted by molar-refractivity contribution is -0.133. The van der Waals surface area contributed by atoms with E-state index < -0.39 is 0 Å². The molecule has 2 aromatic carbocycles. The standard InChI is InChI=1S/C23H28N2O/c1-17(2)23(26)25-14-20-13-24(22(20)16-25)15-21(18-9-5-3-6-10-18)19-11-7-4-8-12-19/h3-12,17,20-22H,13-16H2,1-2H3/t20-,22-/m1/s1. The van der Waals surface area contributed by atoms with Gasteiger partial charge >= 0.3 is 0 Å². The van der Waals surface area contributed by atoms with Crippen LogP contribution >= 0.6 is 0 Å². The largest absolute Gasteiger partial charge is 0.341 e. The molecule has 4 rings (SSSR count). The monoisotopic (exact) mass is 348 g/mol. The number of benzene rings is 2. The molecule has 0 unspecified atom stereocenters. The summed E-state index contributed by atoms with van der Waals surface area (Å²) in [5.74, 6) is 1.45. The Bertz CT molecular complexity index is 704. The molecule has 1 amide bonds. The van der Waals surface area contributed by atoms with Crippen LogP contribution in [-0.4, -0.2) is 47.9 Å². The minimum Gasteiger partial charge on any atom is -0.341 e. The lowest BCUT2D eigenvalue weighted by atomic mass is 9.86. The predicted octanol–water partition coefficient (Wildman–Crippen LogP) is 3.62. The Labute approximate surface area is 156 Å². The van der Waals surface area contributed by atoms with Crippen molar-refractivity contribution in [1.82, 2.24) is 9.80 Å². The van der Waals surface area contributed by atoms with Gasteiger partial charge in [0.25, 0.3) is 0 Å². The van der Waals surface area contributed by atoms with E-state index in [9.17, 15) is 4.79 Å². The van der Waals surface area contributed by atoms with Crippen molar-refractivity contribution in [2.75, 3.05) is 26.2 Å². The predicted molar refractivity (Wildman–Crippen MR) is 105 cm³/mol. The van der Waals surface area contributed by atoms with Gasteiger partial charge in [0.2, 0.25) is 5.91 Å². The highest BCUT2D eigenvalue weighted by Gasteiger charge is 2.47. The molecule has 3 nitrogen and oxygen atoms in total. The lowest BCUT2D eigenvalue weighted by Gasteiger charge is -2.45. The van der Waals surface area contributed by atoms with Gasteiger partial charge in [-0.05, 0) is 11.1 Å². The van der Waals surface area contributed by atoms with Crippen LogP contribution in [0.2, 0.25) is 0 Å². The zero-order valence-electron chi connectivity index (χ0n) is 15.7. The van der Waals surface area contributed by atoms with Crippen molar-refractivity contribution in [2.24, 2.45) is 11.8 Å². The van der Waals surface area contributed by atoms with Crippen LogP contribution in [0, 0.1) is 11.8 Å². The summed E-state index contributed by atoms with van der Waals surface area (Å²) in [6.07, 6.45) is 0. The molecule has 0 aliphatic carbocycles. The van der Waals surface area contributed by atoms with Crippen LogP contribution in [-0.2, 0) is 4.79 Å². The molecule has 0 saturated carbocycles. The van der Waals surface area contributed by atoms with Gasteiger partial charge in [0.1, 0.15) is 0 Å². The number of fused-ring (bicyclic) bond motifs is 1. The van der Waals surface area contributed by atoms with Crippen LogP contribution in [0.15, 0.2) is 60.7 Å². The van der Waals surface area contributed by atoms with E-state index in [-0.39, 0.29) is 5.92 Å². The number of rotatable bonds is 5. The molecule has 2 saturated heterocycles. The summed E-state index contributed by atoms with van der Waals surface area (Å²) in [5, 5.41) is 0. The number of carbonyl (C=O) groups excluding carboxylic acids is 1. The second kappa shape index (κ2) is 7.24. The third-order valence-corrected chi connectivity index (χ3v) is 5.97. The summed E-state index contributed by atoms with van der Waals surface area (Å²) in [4.78, 5) is 17.0. The van der Waals surface area contributed by atoms with Crippen molar-refractivity contribution in [2.45, 2.75) is 25.8 Å². The molecule has 0 aromatic heterocycles. The second-order valence-electron chi connectivity index (χ2n) is 8.05. The molecule has 2 aliphatic heterocycles. The van der Waals surface area contributed by atoms with Crippen LogP contribution in [0.5, 0.6) is 0 Å². The highest BCUT2D eigenvalue weighted by Crippen LogP contribution is 2.36. The first kappa shape index (κ1) is 17.3. The molecule has 26 heavy (non-hydrogen) atoms. The van der Waals surface area contributed by atoms with E-state index in [1.165, 1.54) is 11.1 Å². The van der Waals surface area contributed by atoms with Crippen molar-refractivity contribution in [3.63, 3.8) is 0 Å². The van der Waals surface area contributed by atoms with E-state index in [2.05, 4.69) is 70.5 Å². The van der Waals surface area contributed by atoms with Gasteiger partial charge in [-0.25, -0.2) is 0 Å². The van der Waals surface area contributed by atoms with Gasteiger partial charge in [0.05, 0.1) is 0 Å². The summed E-state index contributed by atoms with van der Waals surface area (Å²) in [5.41, 5.74) is 2.74. The minimum atomic E-state index is 0.0994. The van der Waals surface area contributed by atoms with Crippen molar-refractivity contribution in [1.29, 1.82) is 0 Å². The maximum absolute atomic E-state index is 12.3. The zero-order valence-corrected chi connectivity index (χ0v) is 15.7. The molecule has 0 spiro atoms. The first-order chi connectivity index (χ1) is 12.6. The van der Waals surface area contributed by atoms with E-state index in [0.29, 0.717) is 23.8 Å². The van der Waals surface area contributed by atoms with E-state index in [1.54, 1.807) is 0 Å². The van der Waals surface area contributed by atoms with Crippen LogP contribution < -0.4 is 0 Å². The van der Waals surface area contributed by atoms with Crippen molar-refractivity contribution in [3.8, 4) is 0 Å². The molecule has 0 N–H and O–H groups in total. The molecule has 0 bridgehead atoms. The number of amides is 1. The van der Waals surface area contributed by atoms with Crippen LogP contribution in [0.3, 0.4) is 0 Å². The van der Waals surface area contributed by atoms with Crippen LogP contribution in [0.1, 0.15) is 30.9 Å². The van der Waals surface area contributed by atoms with E-state index in [0.717, 1.165) is 26.2 Å². The third-order valence-electron chi connectivity index (χ3n) is 5.97. The fraction of sp³-hybridized carbons (Fsp3) is 0.435. The maximum Gasteiger partial charge on any atom is 0.225 e. The summed E-state index contributed by atoms with van der Waals surface area (Å²) in [6.45, 7) is 7.99. The molecule has 3 heteroatoms. The molecular formula is C23H28N2O. The molecule has 136 valence electrons. The molecule has 2 aliphatic rings. The maximum atomic E-state index is 12.3. The summed E-state index contributed by atoms with van der Waals surface area (Å²) in [7, 11) is 0. The highest BCUT2D eigenvalue weighted by atomic mass is 16.2. The van der Waals surface area contributed by atoms with E-state index >= 15 is 0 Å². The first-order valence-electron chi connectivity index (χ1n) is 9.76. The highest BCUT2D eigenvalue weighted by molar-refractivity contribution is 5.78. The van der Waals surface area contributed by atoms with Crippen LogP contribution in [0.4, 0.5) is 0 Å². The fourth-order valence-electron chi connectivity index (χ4n) is 4.51. The summed E-state index contributed by atoms with van der Waals surface area (Å²) < 4.78 is 0. The van der Waals surface area contributed by atoms with Gasteiger partial charge in [-0.15, -0.1) is 0 Å². The fourth-order valence-corrected chi connectivity index (χ4v) is 4.51. The molecule has 2 fully saturated rings. The third kappa shape index (κ3) is 3.28. The number of likely N-dealkylation sites (tertiary alicyclic amines) is 2. The van der Waals surface area contributed by atoms with Gasteiger partial charge in [0, 0.05) is 50.0 Å². The summed E-state index contributed by atoms with van der Waals surface area (Å²) in [6, 6.07) is 22.1. The van der Waals surface area contributed by atoms with Crippen molar-refractivity contribution >= 4 is 5.91 Å². The second-order valence-corrected chi connectivity index (χ2v) is 8.05. The molecule has 2 atom stereocenters. The summed E-state index contributed by atoms with van der Waals surface area (Å²) >= 11 is 0. The Morgan fingerprint density at radius 2 is 1.50 bits per heavy atom. The van der Waals surface area contributed by atoms with Crippen molar-refractivity contribution < 1.29 is 4.79 Å². The normalized spacial score (nSPS) is 22.5. The van der Waals surface area contributed by atoms with Crippen molar-refractivity contribution in [3.05, 3.63) is 71.8 Å². The SMILES string of the molecule is CC(C)C(=O)N1C[C@H]2CN(CC(c3ccccc3)c3ccccc3)[C@@H]2C1. The number of hydrogen-bond donors (Lipinski definition) is 0. The zero-order chi connectivity index (χ0) is 18.1. The molecular weight excluding hydrogens is 320 g/mol. The lowest BCUT2D eigenvalue weighted by Crippen LogP contribution is -2.56. The molecule has 0 radical (unpaired) electrons. The van der Waals surface area contributed by atoms with Crippen LogP contribution in [0.25, 0.3) is 0 Å². The smallest absolute Gasteiger partial charge is 0.225 e. The van der Waals surface area contributed by atoms with Gasteiger partial charge < -0.3 is 4.90 Å². The first-order valence-corrected chi connectivity index (χ1v) is 9.76. The molecule has 2 aromatic rings. The Morgan fingerprint density at radius 3 is 2.04 bits per heavy atom. The number of hydrogen-bond acceptors (Lipinski definition) is 2. The average molecular weight is 348 g/mol. The Kier molecular flexibility index (Phi) is 4.82.